The molecule has 0 aliphatic carbocycles. The fraction of sp³-hybridized carbons (Fsp3) is 0.562. The number of benzene rings is 1. The van der Waals surface area contributed by atoms with Crippen LogP contribution in [0.25, 0.3) is 0 Å². The van der Waals surface area contributed by atoms with Crippen LogP contribution in [0.4, 0.5) is 0 Å². The van der Waals surface area contributed by atoms with E-state index in [4.69, 9.17) is 4.74 Å². The Morgan fingerprint density at radius 1 is 1.28 bits per heavy atom. The molecule has 2 saturated heterocycles. The first kappa shape index (κ1) is 20.1. The maximum Gasteiger partial charge on any atom is 0.255 e. The van der Waals surface area contributed by atoms with Crippen LogP contribution in [0.5, 0.6) is 0 Å². The Labute approximate surface area is 154 Å². The Bertz CT molecular complexity index is 701. The van der Waals surface area contributed by atoms with Gasteiger partial charge in [-0.15, -0.1) is 12.4 Å². The lowest BCUT2D eigenvalue weighted by molar-refractivity contribution is 0.0721. The van der Waals surface area contributed by atoms with Crippen LogP contribution in [0.2, 0.25) is 0 Å². The Hall–Kier alpha value is -1.19. The van der Waals surface area contributed by atoms with E-state index < -0.39 is 10.0 Å². The Balaban J connectivity index is 0.00000225. The number of amides is 1. The van der Waals surface area contributed by atoms with Gasteiger partial charge in [0.2, 0.25) is 10.0 Å². The topological polar surface area (TPSA) is 79.0 Å². The van der Waals surface area contributed by atoms with Crippen molar-refractivity contribution in [1.29, 1.82) is 0 Å². The van der Waals surface area contributed by atoms with Crippen LogP contribution in [0, 0.1) is 0 Å². The van der Waals surface area contributed by atoms with E-state index in [0.717, 1.165) is 19.5 Å². The highest BCUT2D eigenvalue weighted by atomic mass is 35.5. The molecule has 2 heterocycles. The number of nitrogens with one attached hydrogen (secondary N) is 1. The van der Waals surface area contributed by atoms with Crippen molar-refractivity contribution in [3.05, 3.63) is 29.8 Å². The molecule has 0 spiro atoms. The third kappa shape index (κ3) is 4.15. The van der Waals surface area contributed by atoms with Gasteiger partial charge in [-0.3, -0.25) is 4.79 Å². The Morgan fingerprint density at radius 3 is 2.60 bits per heavy atom. The molecule has 2 aliphatic heterocycles. The SMILES string of the molecule is CN(C(=O)c1ccccc1S(=O)(=O)N1CCOCC1)C1CCNC1.Cl. The van der Waals surface area contributed by atoms with Crippen molar-refractivity contribution in [2.24, 2.45) is 0 Å². The molecule has 3 rings (SSSR count). The first-order chi connectivity index (χ1) is 11.5. The van der Waals surface area contributed by atoms with Gasteiger partial charge in [0.25, 0.3) is 5.91 Å². The van der Waals surface area contributed by atoms with Crippen molar-refractivity contribution in [1.82, 2.24) is 14.5 Å². The second kappa shape index (κ2) is 8.46. The fourth-order valence-corrected chi connectivity index (χ4v) is 4.71. The zero-order valence-corrected chi connectivity index (χ0v) is 15.8. The van der Waals surface area contributed by atoms with E-state index in [1.807, 2.05) is 0 Å². The summed E-state index contributed by atoms with van der Waals surface area (Å²) in [6, 6.07) is 6.55. The van der Waals surface area contributed by atoms with Crippen LogP contribution in [0.3, 0.4) is 0 Å². The highest BCUT2D eigenvalue weighted by Crippen LogP contribution is 2.23. The fourth-order valence-electron chi connectivity index (χ4n) is 3.12. The first-order valence-electron chi connectivity index (χ1n) is 8.16. The highest BCUT2D eigenvalue weighted by Gasteiger charge is 2.32. The van der Waals surface area contributed by atoms with E-state index in [-0.39, 0.29) is 34.8 Å². The van der Waals surface area contributed by atoms with Crippen LogP contribution in [0.15, 0.2) is 29.2 Å². The second-order valence-electron chi connectivity index (χ2n) is 6.08. The number of ether oxygens (including phenoxy) is 1. The van der Waals surface area contributed by atoms with E-state index in [9.17, 15) is 13.2 Å². The maximum atomic E-state index is 12.9. The minimum atomic E-state index is -3.70. The summed E-state index contributed by atoms with van der Waals surface area (Å²) < 4.78 is 32.5. The molecule has 1 amide bonds. The lowest BCUT2D eigenvalue weighted by atomic mass is 10.1. The van der Waals surface area contributed by atoms with Crippen molar-refractivity contribution in [3.63, 3.8) is 0 Å². The summed E-state index contributed by atoms with van der Waals surface area (Å²) in [7, 11) is -1.97. The van der Waals surface area contributed by atoms with Gasteiger partial charge in [0.15, 0.2) is 0 Å². The minimum absolute atomic E-state index is 0. The number of halogens is 1. The summed E-state index contributed by atoms with van der Waals surface area (Å²) >= 11 is 0. The molecule has 1 aromatic rings. The van der Waals surface area contributed by atoms with Crippen LogP contribution >= 0.6 is 12.4 Å². The molecular formula is C16H24ClN3O4S. The van der Waals surface area contributed by atoms with Gasteiger partial charge in [0, 0.05) is 32.7 Å². The monoisotopic (exact) mass is 389 g/mol. The van der Waals surface area contributed by atoms with Crippen molar-refractivity contribution >= 4 is 28.3 Å². The summed E-state index contributed by atoms with van der Waals surface area (Å²) in [6.07, 6.45) is 0.876. The molecule has 25 heavy (non-hydrogen) atoms. The summed E-state index contributed by atoms with van der Waals surface area (Å²) in [5.41, 5.74) is 0.235. The molecule has 1 atom stereocenters. The Morgan fingerprint density at radius 2 is 1.96 bits per heavy atom. The normalized spacial score (nSPS) is 21.6. The standard InChI is InChI=1S/C16H23N3O4S.ClH/c1-18(13-6-7-17-12-13)16(20)14-4-2-3-5-15(14)24(21,22)19-8-10-23-11-9-19;/h2-5,13,17H,6-12H2,1H3;1H. The predicted octanol–water partition coefficient (Wildman–Crippen LogP) is 0.563. The average molecular weight is 390 g/mol. The van der Waals surface area contributed by atoms with E-state index in [2.05, 4.69) is 5.32 Å². The number of hydrogen-bond acceptors (Lipinski definition) is 5. The van der Waals surface area contributed by atoms with Crippen molar-refractivity contribution in [3.8, 4) is 0 Å². The number of hydrogen-bond donors (Lipinski definition) is 1. The first-order valence-corrected chi connectivity index (χ1v) is 9.60. The molecule has 1 unspecified atom stereocenters. The number of morpholine rings is 1. The van der Waals surface area contributed by atoms with Crippen molar-refractivity contribution in [2.75, 3.05) is 46.4 Å². The highest BCUT2D eigenvalue weighted by molar-refractivity contribution is 7.89. The average Bonchev–Trinajstić information content (AvgIpc) is 3.16. The van der Waals surface area contributed by atoms with Gasteiger partial charge in [-0.05, 0) is 25.1 Å². The van der Waals surface area contributed by atoms with E-state index >= 15 is 0 Å². The van der Waals surface area contributed by atoms with Crippen molar-refractivity contribution < 1.29 is 17.9 Å². The molecule has 0 bridgehead atoms. The third-order valence-corrected chi connectivity index (χ3v) is 6.56. The number of carbonyl (C=O) groups excluding carboxylic acids is 1. The second-order valence-corrected chi connectivity index (χ2v) is 7.98. The van der Waals surface area contributed by atoms with Gasteiger partial charge in [-0.2, -0.15) is 4.31 Å². The Kier molecular flexibility index (Phi) is 6.81. The zero-order chi connectivity index (χ0) is 17.2. The van der Waals surface area contributed by atoms with Gasteiger partial charge < -0.3 is 15.0 Å². The number of likely N-dealkylation sites (N-methyl/N-ethyl adjacent to an activating group) is 1. The van der Waals surface area contributed by atoms with Gasteiger partial charge in [0.05, 0.1) is 23.7 Å². The molecule has 0 aromatic heterocycles. The van der Waals surface area contributed by atoms with Gasteiger partial charge in [-0.1, -0.05) is 12.1 Å². The number of rotatable bonds is 4. The molecule has 9 heteroatoms. The smallest absolute Gasteiger partial charge is 0.255 e. The molecule has 7 nitrogen and oxygen atoms in total. The zero-order valence-electron chi connectivity index (χ0n) is 14.2. The summed E-state index contributed by atoms with van der Waals surface area (Å²) in [4.78, 5) is 14.6. The molecular weight excluding hydrogens is 366 g/mol. The minimum Gasteiger partial charge on any atom is -0.379 e. The predicted molar refractivity (Wildman–Crippen MR) is 96.6 cm³/mol. The molecule has 0 radical (unpaired) electrons. The van der Waals surface area contributed by atoms with Crippen LogP contribution in [-0.2, 0) is 14.8 Å². The van der Waals surface area contributed by atoms with Crippen LogP contribution < -0.4 is 5.32 Å². The van der Waals surface area contributed by atoms with E-state index in [1.54, 1.807) is 30.1 Å². The number of nitrogens with zero attached hydrogens (tertiary/aromatic N) is 2. The number of sulfonamides is 1. The van der Waals surface area contributed by atoms with Crippen molar-refractivity contribution in [2.45, 2.75) is 17.4 Å². The van der Waals surface area contributed by atoms with Crippen LogP contribution in [0.1, 0.15) is 16.8 Å². The summed E-state index contributed by atoms with van der Waals surface area (Å²) in [5.74, 6) is -0.254. The quantitative estimate of drug-likeness (QED) is 0.814. The summed E-state index contributed by atoms with van der Waals surface area (Å²) in [5, 5.41) is 3.22. The molecule has 1 N–H and O–H groups in total. The molecule has 2 aliphatic rings. The lowest BCUT2D eigenvalue weighted by Gasteiger charge is -2.28. The maximum absolute atomic E-state index is 12.9. The largest absolute Gasteiger partial charge is 0.379 e. The van der Waals surface area contributed by atoms with Gasteiger partial charge in [0.1, 0.15) is 0 Å². The van der Waals surface area contributed by atoms with Gasteiger partial charge in [-0.25, -0.2) is 8.42 Å². The molecule has 2 fully saturated rings. The molecule has 140 valence electrons. The lowest BCUT2D eigenvalue weighted by Crippen LogP contribution is -2.42. The number of carbonyl (C=O) groups is 1. The van der Waals surface area contributed by atoms with Gasteiger partial charge >= 0.3 is 0 Å². The molecule has 0 saturated carbocycles. The third-order valence-electron chi connectivity index (χ3n) is 4.61. The summed E-state index contributed by atoms with van der Waals surface area (Å²) in [6.45, 7) is 2.99. The van der Waals surface area contributed by atoms with E-state index in [0.29, 0.717) is 26.3 Å². The van der Waals surface area contributed by atoms with Crippen LogP contribution in [-0.4, -0.2) is 76.0 Å². The van der Waals surface area contributed by atoms with E-state index in [1.165, 1.54) is 10.4 Å². The molecule has 1 aromatic carbocycles.